The summed E-state index contributed by atoms with van der Waals surface area (Å²) in [6.07, 6.45) is 5.73. The summed E-state index contributed by atoms with van der Waals surface area (Å²) in [5.41, 5.74) is 0. The Morgan fingerprint density at radius 3 is 2.94 bits per heavy atom. The summed E-state index contributed by atoms with van der Waals surface area (Å²) < 4.78 is 0. The average Bonchev–Trinajstić information content (AvgIpc) is 2.83. The normalized spacial score (nSPS) is 17.6. The molecule has 0 unspecified atom stereocenters. The van der Waals surface area contributed by atoms with Gasteiger partial charge < -0.3 is 10.2 Å². The van der Waals surface area contributed by atoms with Crippen LogP contribution >= 0.6 is 11.3 Å². The molecular weight excluding hydrogens is 218 g/mol. The van der Waals surface area contributed by atoms with E-state index in [-0.39, 0.29) is 0 Å². The quantitative estimate of drug-likeness (QED) is 0.855. The van der Waals surface area contributed by atoms with Crippen LogP contribution in [0.25, 0.3) is 0 Å². The molecule has 1 aromatic heterocycles. The van der Waals surface area contributed by atoms with Gasteiger partial charge in [-0.3, -0.25) is 0 Å². The first-order valence-corrected chi connectivity index (χ1v) is 7.13. The zero-order valence-electron chi connectivity index (χ0n) is 9.98. The topological polar surface area (TPSA) is 28.2 Å². The first-order chi connectivity index (χ1) is 7.90. The summed E-state index contributed by atoms with van der Waals surface area (Å²) >= 11 is 1.76. The van der Waals surface area contributed by atoms with Crippen LogP contribution in [0.4, 0.5) is 5.13 Å². The molecule has 0 aromatic carbocycles. The van der Waals surface area contributed by atoms with Crippen molar-refractivity contribution < 1.29 is 0 Å². The van der Waals surface area contributed by atoms with Gasteiger partial charge in [-0.25, -0.2) is 4.98 Å². The number of anilines is 1. The maximum absolute atomic E-state index is 4.43. The van der Waals surface area contributed by atoms with E-state index in [9.17, 15) is 0 Å². The molecule has 0 bridgehead atoms. The second kappa shape index (κ2) is 6.21. The Morgan fingerprint density at radius 2 is 2.31 bits per heavy atom. The van der Waals surface area contributed by atoms with Crippen LogP contribution in [-0.2, 0) is 0 Å². The number of thiazole rings is 1. The largest absolute Gasteiger partial charge is 0.348 e. The van der Waals surface area contributed by atoms with E-state index in [4.69, 9.17) is 0 Å². The van der Waals surface area contributed by atoms with E-state index in [1.807, 2.05) is 6.20 Å². The Labute approximate surface area is 102 Å². The second-order valence-corrected chi connectivity index (χ2v) is 5.33. The molecule has 0 saturated carbocycles. The molecule has 0 atom stereocenters. The molecule has 2 rings (SSSR count). The molecule has 0 aliphatic carbocycles. The third kappa shape index (κ3) is 3.19. The summed E-state index contributed by atoms with van der Waals surface area (Å²) in [4.78, 5) is 6.89. The van der Waals surface area contributed by atoms with Crippen LogP contribution in [0.5, 0.6) is 0 Å². The molecule has 2 heterocycles. The number of nitrogens with one attached hydrogen (secondary N) is 1. The van der Waals surface area contributed by atoms with E-state index in [1.54, 1.807) is 11.3 Å². The monoisotopic (exact) mass is 239 g/mol. The molecule has 0 amide bonds. The van der Waals surface area contributed by atoms with E-state index >= 15 is 0 Å². The van der Waals surface area contributed by atoms with Gasteiger partial charge in [0.15, 0.2) is 5.13 Å². The maximum Gasteiger partial charge on any atom is 0.185 e. The lowest BCUT2D eigenvalue weighted by Gasteiger charge is -2.29. The van der Waals surface area contributed by atoms with E-state index in [2.05, 4.69) is 27.5 Å². The Kier molecular flexibility index (Phi) is 4.60. The fourth-order valence-electron chi connectivity index (χ4n) is 2.28. The summed E-state index contributed by atoms with van der Waals surface area (Å²) in [5.74, 6) is 0.844. The van der Waals surface area contributed by atoms with Crippen molar-refractivity contribution in [2.24, 2.45) is 5.92 Å². The van der Waals surface area contributed by atoms with Crippen LogP contribution in [0.2, 0.25) is 0 Å². The molecule has 90 valence electrons. The molecule has 3 nitrogen and oxygen atoms in total. The fraction of sp³-hybridized carbons (Fsp3) is 0.750. The summed E-state index contributed by atoms with van der Waals surface area (Å²) in [6, 6.07) is 0. The number of rotatable bonds is 5. The average molecular weight is 239 g/mol. The Balaban J connectivity index is 1.91. The van der Waals surface area contributed by atoms with Gasteiger partial charge in [-0.1, -0.05) is 6.92 Å². The standard InChI is InChI=1S/C12H21N3S/c1-2-8-15(12-14-7-9-16-12)10-11-3-5-13-6-4-11/h7,9,11,13H,2-6,8,10H2,1H3. The van der Waals surface area contributed by atoms with Gasteiger partial charge in [0.2, 0.25) is 0 Å². The van der Waals surface area contributed by atoms with Gasteiger partial charge in [0.1, 0.15) is 0 Å². The summed E-state index contributed by atoms with van der Waals surface area (Å²) in [5, 5.41) is 6.69. The van der Waals surface area contributed by atoms with Crippen molar-refractivity contribution in [1.82, 2.24) is 10.3 Å². The van der Waals surface area contributed by atoms with Crippen LogP contribution < -0.4 is 10.2 Å². The van der Waals surface area contributed by atoms with Gasteiger partial charge in [0.25, 0.3) is 0 Å². The van der Waals surface area contributed by atoms with Crippen molar-refractivity contribution in [3.05, 3.63) is 11.6 Å². The van der Waals surface area contributed by atoms with Crippen LogP contribution in [-0.4, -0.2) is 31.2 Å². The smallest absolute Gasteiger partial charge is 0.185 e. The minimum absolute atomic E-state index is 0.844. The van der Waals surface area contributed by atoms with Crippen molar-refractivity contribution in [2.45, 2.75) is 26.2 Å². The maximum atomic E-state index is 4.43. The van der Waals surface area contributed by atoms with Gasteiger partial charge in [0, 0.05) is 24.7 Å². The van der Waals surface area contributed by atoms with Gasteiger partial charge in [-0.15, -0.1) is 11.3 Å². The number of aromatic nitrogens is 1. The third-order valence-corrected chi connectivity index (χ3v) is 3.95. The molecule has 16 heavy (non-hydrogen) atoms. The Hall–Kier alpha value is -0.610. The second-order valence-electron chi connectivity index (χ2n) is 4.45. The van der Waals surface area contributed by atoms with E-state index in [0.29, 0.717) is 0 Å². The lowest BCUT2D eigenvalue weighted by atomic mass is 9.97. The zero-order valence-corrected chi connectivity index (χ0v) is 10.8. The summed E-state index contributed by atoms with van der Waals surface area (Å²) in [7, 11) is 0. The molecule has 0 radical (unpaired) electrons. The van der Waals surface area contributed by atoms with E-state index < -0.39 is 0 Å². The van der Waals surface area contributed by atoms with E-state index in [0.717, 1.165) is 12.5 Å². The number of hydrogen-bond donors (Lipinski definition) is 1. The Morgan fingerprint density at radius 1 is 1.50 bits per heavy atom. The number of hydrogen-bond acceptors (Lipinski definition) is 4. The molecule has 1 aliphatic heterocycles. The predicted molar refractivity (Wildman–Crippen MR) is 70.2 cm³/mol. The van der Waals surface area contributed by atoms with Crippen LogP contribution in [0, 0.1) is 5.92 Å². The van der Waals surface area contributed by atoms with Crippen LogP contribution in [0.3, 0.4) is 0 Å². The highest BCUT2D eigenvalue weighted by atomic mass is 32.1. The lowest BCUT2D eigenvalue weighted by molar-refractivity contribution is 0.373. The van der Waals surface area contributed by atoms with Gasteiger partial charge >= 0.3 is 0 Å². The molecule has 1 N–H and O–H groups in total. The third-order valence-electron chi connectivity index (χ3n) is 3.12. The molecule has 1 fully saturated rings. The minimum Gasteiger partial charge on any atom is -0.348 e. The summed E-state index contributed by atoms with van der Waals surface area (Å²) in [6.45, 7) is 6.93. The highest BCUT2D eigenvalue weighted by Gasteiger charge is 2.17. The Bertz CT molecular complexity index is 280. The predicted octanol–water partition coefficient (Wildman–Crippen LogP) is 2.36. The number of nitrogens with zero attached hydrogens (tertiary/aromatic N) is 2. The van der Waals surface area contributed by atoms with Gasteiger partial charge in [0.05, 0.1) is 0 Å². The zero-order chi connectivity index (χ0) is 11.2. The highest BCUT2D eigenvalue weighted by molar-refractivity contribution is 7.13. The molecule has 0 spiro atoms. The van der Waals surface area contributed by atoms with Gasteiger partial charge in [-0.05, 0) is 38.3 Å². The molecule has 1 aromatic rings. The SMILES string of the molecule is CCCN(CC1CCNCC1)c1nccs1. The lowest BCUT2D eigenvalue weighted by Crippen LogP contribution is -2.36. The van der Waals surface area contributed by atoms with Crippen molar-refractivity contribution in [2.75, 3.05) is 31.1 Å². The van der Waals surface area contributed by atoms with Crippen LogP contribution in [0.1, 0.15) is 26.2 Å². The molecule has 1 aliphatic rings. The number of piperidine rings is 1. The van der Waals surface area contributed by atoms with Crippen molar-refractivity contribution in [3.8, 4) is 0 Å². The first-order valence-electron chi connectivity index (χ1n) is 6.25. The molecule has 1 saturated heterocycles. The molecular formula is C12H21N3S. The van der Waals surface area contributed by atoms with Crippen molar-refractivity contribution in [3.63, 3.8) is 0 Å². The van der Waals surface area contributed by atoms with Crippen molar-refractivity contribution >= 4 is 16.5 Å². The van der Waals surface area contributed by atoms with Gasteiger partial charge in [-0.2, -0.15) is 0 Å². The van der Waals surface area contributed by atoms with E-state index in [1.165, 1.54) is 44.0 Å². The van der Waals surface area contributed by atoms with Crippen LogP contribution in [0.15, 0.2) is 11.6 Å². The minimum atomic E-state index is 0.844. The fourth-order valence-corrected chi connectivity index (χ4v) is 2.96. The molecule has 4 heteroatoms. The first kappa shape index (κ1) is 11.9. The highest BCUT2D eigenvalue weighted by Crippen LogP contribution is 2.21. The van der Waals surface area contributed by atoms with Crippen molar-refractivity contribution in [1.29, 1.82) is 0 Å².